The maximum absolute atomic E-state index is 13.3. The molecule has 3 rings (SSSR count). The number of ether oxygens (including phenoxy) is 1. The number of hydrogen-bond donors (Lipinski definition) is 2. The Kier molecular flexibility index (Phi) is 8.12. The first-order chi connectivity index (χ1) is 14.1. The van der Waals surface area contributed by atoms with Crippen LogP contribution < -0.4 is 0 Å². The van der Waals surface area contributed by atoms with Gasteiger partial charge < -0.3 is 14.9 Å². The van der Waals surface area contributed by atoms with Crippen LogP contribution in [0.1, 0.15) is 42.9 Å². The number of aliphatic hydroxyl groups excluding tert-OH is 2. The van der Waals surface area contributed by atoms with Gasteiger partial charge in [0.05, 0.1) is 12.7 Å². The summed E-state index contributed by atoms with van der Waals surface area (Å²) in [7, 11) is 0. The molecule has 29 heavy (non-hydrogen) atoms. The minimum Gasteiger partial charge on any atom is -0.396 e. The fourth-order valence-electron chi connectivity index (χ4n) is 3.97. The Bertz CT molecular complexity index is 691. The van der Waals surface area contributed by atoms with E-state index in [0.29, 0.717) is 13.0 Å². The minimum absolute atomic E-state index is 0.0990. The van der Waals surface area contributed by atoms with Gasteiger partial charge in [0, 0.05) is 19.2 Å². The Morgan fingerprint density at radius 1 is 0.966 bits per heavy atom. The Balaban J connectivity index is 1.66. The van der Waals surface area contributed by atoms with Crippen LogP contribution in [-0.4, -0.2) is 53.6 Å². The van der Waals surface area contributed by atoms with Crippen LogP contribution in [0.3, 0.4) is 0 Å². The summed E-state index contributed by atoms with van der Waals surface area (Å²) in [6.45, 7) is 1.62. The van der Waals surface area contributed by atoms with Gasteiger partial charge in [0.1, 0.15) is 17.7 Å². The molecule has 0 unspecified atom stereocenters. The van der Waals surface area contributed by atoms with Crippen molar-refractivity contribution in [2.45, 2.75) is 43.9 Å². The van der Waals surface area contributed by atoms with E-state index < -0.39 is 12.2 Å². The summed E-state index contributed by atoms with van der Waals surface area (Å²) in [5.41, 5.74) is 1.47. The molecule has 2 aromatic carbocycles. The second-order valence-corrected chi connectivity index (χ2v) is 7.63. The number of aliphatic hydroxyl groups is 2. The van der Waals surface area contributed by atoms with E-state index in [-0.39, 0.29) is 30.9 Å². The van der Waals surface area contributed by atoms with Crippen molar-refractivity contribution < 1.29 is 23.7 Å². The highest BCUT2D eigenvalue weighted by Gasteiger charge is 2.25. The molecule has 0 amide bonds. The molecule has 1 aliphatic rings. The molecular weight excluding hydrogens is 376 g/mol. The van der Waals surface area contributed by atoms with Gasteiger partial charge in [-0.15, -0.1) is 0 Å². The number of β-amino-alcohol motifs (C(OH)–C–C–N with tert-alkyl or cyclic N) is 1. The third kappa shape index (κ3) is 6.31. The van der Waals surface area contributed by atoms with Crippen molar-refractivity contribution in [2.24, 2.45) is 0 Å². The number of nitrogens with zero attached hydrogens (tertiary/aromatic N) is 1. The molecule has 1 saturated heterocycles. The molecule has 6 heteroatoms. The summed E-state index contributed by atoms with van der Waals surface area (Å²) in [6, 6.07) is 12.3. The van der Waals surface area contributed by atoms with Gasteiger partial charge in [-0.25, -0.2) is 8.78 Å². The monoisotopic (exact) mass is 405 g/mol. The quantitative estimate of drug-likeness (QED) is 0.669. The van der Waals surface area contributed by atoms with Gasteiger partial charge >= 0.3 is 0 Å². The summed E-state index contributed by atoms with van der Waals surface area (Å²) < 4.78 is 32.7. The summed E-state index contributed by atoms with van der Waals surface area (Å²) >= 11 is 0. The lowest BCUT2D eigenvalue weighted by atomic mass is 9.99. The number of halogens is 2. The zero-order chi connectivity index (χ0) is 20.6. The van der Waals surface area contributed by atoms with Crippen molar-refractivity contribution in [2.75, 3.05) is 26.3 Å². The minimum atomic E-state index is -0.697. The second-order valence-electron chi connectivity index (χ2n) is 7.63. The van der Waals surface area contributed by atoms with E-state index in [0.717, 1.165) is 36.9 Å². The largest absolute Gasteiger partial charge is 0.396 e. The van der Waals surface area contributed by atoms with Crippen LogP contribution in [0.15, 0.2) is 48.5 Å². The molecule has 1 heterocycles. The van der Waals surface area contributed by atoms with E-state index in [1.54, 1.807) is 24.3 Å². The van der Waals surface area contributed by atoms with Gasteiger partial charge in [0.15, 0.2) is 0 Å². The fraction of sp³-hybridized carbons (Fsp3) is 0.478. The average Bonchev–Trinajstić information content (AvgIpc) is 2.72. The predicted octanol–water partition coefficient (Wildman–Crippen LogP) is 3.67. The van der Waals surface area contributed by atoms with E-state index in [1.165, 1.54) is 24.3 Å². The Morgan fingerprint density at radius 2 is 1.55 bits per heavy atom. The number of benzene rings is 2. The molecule has 2 aromatic rings. The highest BCUT2D eigenvalue weighted by Crippen LogP contribution is 2.27. The Labute approximate surface area is 170 Å². The molecule has 1 fully saturated rings. The van der Waals surface area contributed by atoms with E-state index >= 15 is 0 Å². The van der Waals surface area contributed by atoms with Crippen molar-refractivity contribution in [3.63, 3.8) is 0 Å². The van der Waals surface area contributed by atoms with Crippen LogP contribution in [0, 0.1) is 11.6 Å². The summed E-state index contributed by atoms with van der Waals surface area (Å²) in [6.07, 6.45) is 2.75. The number of rotatable bonds is 9. The smallest absolute Gasteiger partial charge is 0.123 e. The van der Waals surface area contributed by atoms with E-state index in [1.807, 2.05) is 0 Å². The second kappa shape index (κ2) is 10.8. The van der Waals surface area contributed by atoms with Crippen LogP contribution in [-0.2, 0) is 4.74 Å². The number of piperidine rings is 1. The molecule has 4 nitrogen and oxygen atoms in total. The van der Waals surface area contributed by atoms with Gasteiger partial charge in [-0.2, -0.15) is 0 Å². The summed E-state index contributed by atoms with van der Waals surface area (Å²) in [5, 5.41) is 19.8. The van der Waals surface area contributed by atoms with Crippen LogP contribution in [0.4, 0.5) is 8.78 Å². The molecule has 0 aromatic heterocycles. The van der Waals surface area contributed by atoms with Gasteiger partial charge in [-0.1, -0.05) is 30.7 Å². The van der Waals surface area contributed by atoms with Gasteiger partial charge in [-0.3, -0.25) is 4.90 Å². The fourth-order valence-corrected chi connectivity index (χ4v) is 3.97. The van der Waals surface area contributed by atoms with Gasteiger partial charge in [0.2, 0.25) is 0 Å². The van der Waals surface area contributed by atoms with Crippen molar-refractivity contribution in [3.05, 3.63) is 71.3 Å². The molecule has 0 radical (unpaired) electrons. The number of likely N-dealkylation sites (tertiary alicyclic amines) is 1. The molecule has 2 atom stereocenters. The Hall–Kier alpha value is -1.86. The first kappa shape index (κ1) is 21.8. The molecule has 0 spiro atoms. The molecule has 0 aliphatic carbocycles. The third-order valence-electron chi connectivity index (χ3n) is 5.46. The molecule has 2 N–H and O–H groups in total. The van der Waals surface area contributed by atoms with Crippen molar-refractivity contribution in [3.8, 4) is 0 Å². The third-order valence-corrected chi connectivity index (χ3v) is 5.46. The maximum atomic E-state index is 13.3. The highest BCUT2D eigenvalue weighted by molar-refractivity contribution is 5.30. The zero-order valence-electron chi connectivity index (χ0n) is 16.5. The van der Waals surface area contributed by atoms with Crippen LogP contribution in [0.5, 0.6) is 0 Å². The zero-order valence-corrected chi connectivity index (χ0v) is 16.5. The molecule has 1 aliphatic heterocycles. The lowest BCUT2D eigenvalue weighted by Gasteiger charge is -2.36. The van der Waals surface area contributed by atoms with E-state index in [9.17, 15) is 19.0 Å². The molecular formula is C23H29F2NO3. The first-order valence-electron chi connectivity index (χ1n) is 10.2. The SMILES string of the molecule is OCC[C@@H]1CCCCN1C[C@@H](O)COC(c1ccc(F)cc1)c1ccc(F)cc1. The topological polar surface area (TPSA) is 52.9 Å². The van der Waals surface area contributed by atoms with E-state index in [4.69, 9.17) is 4.74 Å². The van der Waals surface area contributed by atoms with Crippen LogP contribution >= 0.6 is 0 Å². The standard InChI is InChI=1S/C23H29F2NO3/c24-19-8-4-17(5-9-19)23(18-6-10-20(25)11-7-18)29-16-22(28)15-26-13-2-1-3-21(26)12-14-27/h4-11,21-23,27-28H,1-3,12-16H2/t21-,22+/m0/s1. The first-order valence-corrected chi connectivity index (χ1v) is 10.2. The maximum Gasteiger partial charge on any atom is 0.123 e. The predicted molar refractivity (Wildman–Crippen MR) is 108 cm³/mol. The number of hydrogen-bond acceptors (Lipinski definition) is 4. The van der Waals surface area contributed by atoms with Gasteiger partial charge in [0.25, 0.3) is 0 Å². The molecule has 0 bridgehead atoms. The highest BCUT2D eigenvalue weighted by atomic mass is 19.1. The van der Waals surface area contributed by atoms with Crippen LogP contribution in [0.25, 0.3) is 0 Å². The molecule has 0 saturated carbocycles. The van der Waals surface area contributed by atoms with Crippen molar-refractivity contribution in [1.29, 1.82) is 0 Å². The van der Waals surface area contributed by atoms with Crippen molar-refractivity contribution in [1.82, 2.24) is 4.90 Å². The normalized spacial score (nSPS) is 18.9. The lowest BCUT2D eigenvalue weighted by molar-refractivity contribution is -0.0203. The summed E-state index contributed by atoms with van der Waals surface area (Å²) in [4.78, 5) is 2.22. The van der Waals surface area contributed by atoms with Crippen molar-refractivity contribution >= 4 is 0 Å². The van der Waals surface area contributed by atoms with E-state index in [2.05, 4.69) is 4.90 Å². The average molecular weight is 405 g/mol. The van der Waals surface area contributed by atoms with Crippen LogP contribution in [0.2, 0.25) is 0 Å². The summed E-state index contributed by atoms with van der Waals surface area (Å²) in [5.74, 6) is -0.682. The van der Waals surface area contributed by atoms with Gasteiger partial charge in [-0.05, 0) is 61.2 Å². The Morgan fingerprint density at radius 3 is 2.10 bits per heavy atom. The lowest BCUT2D eigenvalue weighted by Crippen LogP contribution is -2.45. The molecule has 158 valence electrons.